The van der Waals surface area contributed by atoms with E-state index in [1.165, 1.54) is 7.11 Å². The van der Waals surface area contributed by atoms with Gasteiger partial charge in [-0.05, 0) is 51.0 Å². The van der Waals surface area contributed by atoms with Gasteiger partial charge in [0.05, 0.1) is 30.9 Å². The van der Waals surface area contributed by atoms with E-state index in [-0.39, 0.29) is 41.7 Å². The highest BCUT2D eigenvalue weighted by Crippen LogP contribution is 2.42. The molecule has 1 saturated carbocycles. The summed E-state index contributed by atoms with van der Waals surface area (Å²) in [5.41, 5.74) is 1.98. The van der Waals surface area contributed by atoms with Crippen LogP contribution in [-0.2, 0) is 32.1 Å². The number of unbranched alkanes of at least 4 members (excludes halogenated alkanes) is 3. The molecule has 10 heteroatoms. The van der Waals surface area contributed by atoms with Gasteiger partial charge in [-0.15, -0.1) is 0 Å². The minimum Gasteiger partial charge on any atom is -0.496 e. The molecule has 37 heavy (non-hydrogen) atoms. The molecule has 0 radical (unpaired) electrons. The first kappa shape index (κ1) is 28.5. The molecule has 204 valence electrons. The average molecular weight is 526 g/mol. The standard InChI is InChI=1S/C27H34F3NO6/c1-4-5-6-7-14-36-24(32)18-11-8-17(9-12-18)10-13-19-22(31-26(34)27(28,29)30)21-20(15-37-25(21)33)16(2)23(19)35-3/h10,18H,4-9,11-15H2,1-3H3,(H,31,34). The second-order valence-corrected chi connectivity index (χ2v) is 9.46. The molecule has 1 fully saturated rings. The first-order valence-corrected chi connectivity index (χ1v) is 12.7. The van der Waals surface area contributed by atoms with Crippen LogP contribution in [0.4, 0.5) is 18.9 Å². The van der Waals surface area contributed by atoms with E-state index < -0.39 is 18.1 Å². The summed E-state index contributed by atoms with van der Waals surface area (Å²) in [6, 6.07) is 0. The van der Waals surface area contributed by atoms with E-state index in [0.29, 0.717) is 49.2 Å². The Morgan fingerprint density at radius 3 is 2.49 bits per heavy atom. The number of halogens is 3. The molecule has 1 aliphatic carbocycles. The molecule has 1 N–H and O–H groups in total. The molecule has 0 atom stereocenters. The summed E-state index contributed by atoms with van der Waals surface area (Å²) in [6.45, 7) is 4.14. The summed E-state index contributed by atoms with van der Waals surface area (Å²) in [5.74, 6) is -3.02. The summed E-state index contributed by atoms with van der Waals surface area (Å²) in [7, 11) is 1.39. The van der Waals surface area contributed by atoms with Crippen LogP contribution in [0.3, 0.4) is 0 Å². The summed E-state index contributed by atoms with van der Waals surface area (Å²) >= 11 is 0. The van der Waals surface area contributed by atoms with Crippen LogP contribution in [-0.4, -0.2) is 37.7 Å². The normalized spacial score (nSPS) is 17.2. The SMILES string of the molecule is CCCCCCOC(=O)C1CCC(=CCc2c(NC(=O)C(F)(F)F)c3c(c(C)c2OC)COC3=O)CC1. The lowest BCUT2D eigenvalue weighted by molar-refractivity contribution is -0.167. The summed E-state index contributed by atoms with van der Waals surface area (Å²) in [5, 5.41) is 1.89. The number of hydrogen-bond donors (Lipinski definition) is 1. The molecule has 0 aromatic heterocycles. The van der Waals surface area contributed by atoms with Gasteiger partial charge < -0.3 is 19.5 Å². The van der Waals surface area contributed by atoms with Crippen LogP contribution in [0.25, 0.3) is 0 Å². The zero-order valence-corrected chi connectivity index (χ0v) is 21.5. The number of methoxy groups -OCH3 is 1. The number of rotatable bonds is 10. The third kappa shape index (κ3) is 6.84. The third-order valence-corrected chi connectivity index (χ3v) is 6.97. The van der Waals surface area contributed by atoms with Crippen molar-refractivity contribution in [1.82, 2.24) is 0 Å². The average Bonchev–Trinajstić information content (AvgIpc) is 3.25. The van der Waals surface area contributed by atoms with Crippen LogP contribution in [0.1, 0.15) is 85.3 Å². The highest BCUT2D eigenvalue weighted by molar-refractivity contribution is 6.07. The minimum atomic E-state index is -5.13. The predicted octanol–water partition coefficient (Wildman–Crippen LogP) is 5.96. The van der Waals surface area contributed by atoms with Gasteiger partial charge >= 0.3 is 24.0 Å². The topological polar surface area (TPSA) is 90.9 Å². The van der Waals surface area contributed by atoms with Gasteiger partial charge in [0.1, 0.15) is 12.4 Å². The Morgan fingerprint density at radius 1 is 1.16 bits per heavy atom. The van der Waals surface area contributed by atoms with Gasteiger partial charge in [0, 0.05) is 11.1 Å². The van der Waals surface area contributed by atoms with Crippen molar-refractivity contribution in [2.24, 2.45) is 5.92 Å². The monoisotopic (exact) mass is 525 g/mol. The molecule has 0 saturated heterocycles. The number of alkyl halides is 3. The van der Waals surface area contributed by atoms with Gasteiger partial charge in [-0.25, -0.2) is 4.79 Å². The number of amides is 1. The highest BCUT2D eigenvalue weighted by Gasteiger charge is 2.41. The van der Waals surface area contributed by atoms with Crippen molar-refractivity contribution >= 4 is 23.5 Å². The fraction of sp³-hybridized carbons (Fsp3) is 0.593. The molecule has 1 heterocycles. The van der Waals surface area contributed by atoms with Crippen LogP contribution < -0.4 is 10.1 Å². The fourth-order valence-electron chi connectivity index (χ4n) is 4.87. The molecular formula is C27H34F3NO6. The van der Waals surface area contributed by atoms with E-state index in [9.17, 15) is 27.6 Å². The number of nitrogens with one attached hydrogen (secondary N) is 1. The molecule has 2 aliphatic rings. The third-order valence-electron chi connectivity index (χ3n) is 6.97. The zero-order valence-electron chi connectivity index (χ0n) is 21.5. The van der Waals surface area contributed by atoms with E-state index in [4.69, 9.17) is 14.2 Å². The molecule has 1 aromatic rings. The molecule has 0 unspecified atom stereocenters. The number of carbonyl (C=O) groups is 3. The quantitative estimate of drug-likeness (QED) is 0.230. The maximum absolute atomic E-state index is 13.1. The van der Waals surface area contributed by atoms with E-state index in [0.717, 1.165) is 31.3 Å². The Bertz CT molecular complexity index is 1050. The Kier molecular flexibility index (Phi) is 9.62. The number of carbonyl (C=O) groups excluding carboxylic acids is 3. The number of hydrogen-bond acceptors (Lipinski definition) is 6. The smallest absolute Gasteiger partial charge is 0.471 e. The van der Waals surface area contributed by atoms with E-state index in [1.807, 2.05) is 11.4 Å². The molecule has 1 aromatic carbocycles. The van der Waals surface area contributed by atoms with E-state index >= 15 is 0 Å². The van der Waals surface area contributed by atoms with Crippen molar-refractivity contribution in [2.45, 2.75) is 84.4 Å². The van der Waals surface area contributed by atoms with Crippen molar-refractivity contribution in [1.29, 1.82) is 0 Å². The first-order chi connectivity index (χ1) is 17.6. The van der Waals surface area contributed by atoms with Gasteiger partial charge in [0.25, 0.3) is 0 Å². The number of ether oxygens (including phenoxy) is 3. The van der Waals surface area contributed by atoms with E-state index in [2.05, 4.69) is 6.92 Å². The van der Waals surface area contributed by atoms with Gasteiger partial charge in [-0.2, -0.15) is 13.2 Å². The molecule has 0 spiro atoms. The first-order valence-electron chi connectivity index (χ1n) is 12.7. The Balaban J connectivity index is 1.76. The number of esters is 2. The second-order valence-electron chi connectivity index (χ2n) is 9.46. The fourth-order valence-corrected chi connectivity index (χ4v) is 4.87. The lowest BCUT2D eigenvalue weighted by Gasteiger charge is -2.23. The number of allylic oxidation sites excluding steroid dienone is 2. The molecule has 0 bridgehead atoms. The van der Waals surface area contributed by atoms with Gasteiger partial charge in [0.2, 0.25) is 0 Å². The van der Waals surface area contributed by atoms with Crippen LogP contribution >= 0.6 is 0 Å². The summed E-state index contributed by atoms with van der Waals surface area (Å²) in [4.78, 5) is 36.6. The Morgan fingerprint density at radius 2 is 1.86 bits per heavy atom. The van der Waals surface area contributed by atoms with Crippen LogP contribution in [0.15, 0.2) is 11.6 Å². The van der Waals surface area contributed by atoms with Crippen molar-refractivity contribution in [3.63, 3.8) is 0 Å². The molecule has 3 rings (SSSR count). The van der Waals surface area contributed by atoms with Crippen LogP contribution in [0.2, 0.25) is 0 Å². The lowest BCUT2D eigenvalue weighted by Crippen LogP contribution is -2.31. The predicted molar refractivity (Wildman–Crippen MR) is 130 cm³/mol. The molecule has 1 aliphatic heterocycles. The maximum Gasteiger partial charge on any atom is 0.471 e. The molecular weight excluding hydrogens is 491 g/mol. The molecule has 7 nitrogen and oxygen atoms in total. The van der Waals surface area contributed by atoms with Crippen LogP contribution in [0, 0.1) is 12.8 Å². The van der Waals surface area contributed by atoms with Crippen molar-refractivity contribution in [2.75, 3.05) is 19.0 Å². The van der Waals surface area contributed by atoms with Gasteiger partial charge in [0.15, 0.2) is 0 Å². The van der Waals surface area contributed by atoms with Gasteiger partial charge in [-0.3, -0.25) is 9.59 Å². The van der Waals surface area contributed by atoms with Crippen molar-refractivity contribution in [3.05, 3.63) is 33.9 Å². The highest BCUT2D eigenvalue weighted by atomic mass is 19.4. The van der Waals surface area contributed by atoms with Gasteiger partial charge in [-0.1, -0.05) is 37.8 Å². The number of cyclic esters (lactones) is 1. The number of fused-ring (bicyclic) bond motifs is 1. The summed E-state index contributed by atoms with van der Waals surface area (Å²) < 4.78 is 55.2. The molecule has 1 amide bonds. The second kappa shape index (κ2) is 12.5. The van der Waals surface area contributed by atoms with Crippen molar-refractivity contribution < 1.29 is 41.8 Å². The van der Waals surface area contributed by atoms with Crippen molar-refractivity contribution in [3.8, 4) is 5.75 Å². The van der Waals surface area contributed by atoms with E-state index in [1.54, 1.807) is 6.92 Å². The Hall–Kier alpha value is -3.04. The largest absolute Gasteiger partial charge is 0.496 e. The lowest BCUT2D eigenvalue weighted by atomic mass is 9.85. The maximum atomic E-state index is 13.1. The number of benzene rings is 1. The number of anilines is 1. The summed E-state index contributed by atoms with van der Waals surface area (Å²) in [6.07, 6.45) is 3.56. The minimum absolute atomic E-state index is 0.0744. The van der Waals surface area contributed by atoms with Crippen LogP contribution in [0.5, 0.6) is 5.75 Å². The zero-order chi connectivity index (χ0) is 27.2. The Labute approximate surface area is 214 Å².